The van der Waals surface area contributed by atoms with Crippen LogP contribution in [-0.4, -0.2) is 13.1 Å². The summed E-state index contributed by atoms with van der Waals surface area (Å²) in [4.78, 5) is 3.66. The molecule has 1 aliphatic rings. The van der Waals surface area contributed by atoms with Crippen LogP contribution < -0.4 is 4.90 Å². The number of fused-ring (bicyclic) bond motifs is 1. The third-order valence-electron chi connectivity index (χ3n) is 2.06. The predicted molar refractivity (Wildman–Crippen MR) is 59.0 cm³/mol. The highest BCUT2D eigenvalue weighted by Crippen LogP contribution is 2.36. The number of thioether (sulfide) groups is 1. The van der Waals surface area contributed by atoms with Crippen molar-refractivity contribution in [1.29, 1.82) is 0 Å². The minimum atomic E-state index is 0.925. The first kappa shape index (κ1) is 8.70. The number of hydrogen-bond donors (Lipinski definition) is 0. The van der Waals surface area contributed by atoms with Crippen LogP contribution in [0, 0.1) is 5.75 Å². The highest BCUT2D eigenvalue weighted by atomic mass is 32.2. The van der Waals surface area contributed by atoms with Crippen molar-refractivity contribution in [2.24, 2.45) is 0 Å². The zero-order chi connectivity index (χ0) is 9.10. The van der Waals surface area contributed by atoms with Gasteiger partial charge < -0.3 is 4.90 Å². The molecular weight excluding hydrogens is 178 g/mol. The van der Waals surface area contributed by atoms with Crippen molar-refractivity contribution in [2.75, 3.05) is 18.0 Å². The van der Waals surface area contributed by atoms with Gasteiger partial charge in [0.15, 0.2) is 0 Å². The summed E-state index contributed by atoms with van der Waals surface area (Å²) in [7, 11) is 0. The Morgan fingerprint density at radius 3 is 3.15 bits per heavy atom. The van der Waals surface area contributed by atoms with E-state index in [1.54, 1.807) is 0 Å². The molecule has 0 N–H and O–H groups in total. The van der Waals surface area contributed by atoms with E-state index in [-0.39, 0.29) is 0 Å². The Kier molecular flexibility index (Phi) is 2.60. The Hall–Kier alpha value is -0.890. The molecule has 0 fully saturated rings. The molecule has 1 aromatic carbocycles. The van der Waals surface area contributed by atoms with E-state index in [1.807, 2.05) is 17.8 Å². The molecule has 67 valence electrons. The lowest BCUT2D eigenvalue weighted by Gasteiger charge is -2.29. The fraction of sp³-hybridized carbons (Fsp3) is 0.182. The lowest BCUT2D eigenvalue weighted by atomic mass is 10.3. The SMILES string of the molecule is C=CCN1C[CH]Sc2ccccc21. The average Bonchev–Trinajstić information content (AvgIpc) is 2.19. The summed E-state index contributed by atoms with van der Waals surface area (Å²) in [5.74, 6) is 2.23. The zero-order valence-corrected chi connectivity index (χ0v) is 8.26. The van der Waals surface area contributed by atoms with Crippen molar-refractivity contribution in [3.8, 4) is 0 Å². The first-order chi connectivity index (χ1) is 6.42. The highest BCUT2D eigenvalue weighted by molar-refractivity contribution is 8.01. The average molecular weight is 190 g/mol. The summed E-state index contributed by atoms with van der Waals surface area (Å²) in [6, 6.07) is 8.49. The van der Waals surface area contributed by atoms with Crippen molar-refractivity contribution in [3.63, 3.8) is 0 Å². The summed E-state index contributed by atoms with van der Waals surface area (Å²) < 4.78 is 0. The van der Waals surface area contributed by atoms with Gasteiger partial charge in [0.2, 0.25) is 0 Å². The van der Waals surface area contributed by atoms with Crippen molar-refractivity contribution < 1.29 is 0 Å². The normalized spacial score (nSPS) is 15.2. The van der Waals surface area contributed by atoms with Gasteiger partial charge >= 0.3 is 0 Å². The Bertz CT molecular complexity index is 309. The van der Waals surface area contributed by atoms with Crippen molar-refractivity contribution in [3.05, 3.63) is 42.7 Å². The van der Waals surface area contributed by atoms with Crippen LogP contribution in [0.15, 0.2) is 41.8 Å². The van der Waals surface area contributed by atoms with Gasteiger partial charge in [0.25, 0.3) is 0 Å². The molecule has 1 radical (unpaired) electrons. The van der Waals surface area contributed by atoms with Gasteiger partial charge in [-0.1, -0.05) is 18.2 Å². The van der Waals surface area contributed by atoms with Crippen molar-refractivity contribution in [2.45, 2.75) is 4.90 Å². The van der Waals surface area contributed by atoms with Gasteiger partial charge in [-0.05, 0) is 12.1 Å². The van der Waals surface area contributed by atoms with E-state index in [9.17, 15) is 0 Å². The Labute approximate surface area is 83.4 Å². The van der Waals surface area contributed by atoms with Gasteiger partial charge in [0.05, 0.1) is 5.69 Å². The van der Waals surface area contributed by atoms with E-state index in [1.165, 1.54) is 10.6 Å². The summed E-state index contributed by atoms with van der Waals surface area (Å²) >= 11 is 1.82. The quantitative estimate of drug-likeness (QED) is 0.660. The standard InChI is InChI=1S/C11H12NS/c1-2-7-12-8-9-13-11-6-4-3-5-10(11)12/h2-6,9H,1,7-8H2. The van der Waals surface area contributed by atoms with Crippen LogP contribution in [0.4, 0.5) is 5.69 Å². The van der Waals surface area contributed by atoms with Gasteiger partial charge in [-0.2, -0.15) is 0 Å². The zero-order valence-electron chi connectivity index (χ0n) is 7.44. The second kappa shape index (κ2) is 3.88. The topological polar surface area (TPSA) is 3.24 Å². The van der Waals surface area contributed by atoms with E-state index in [0.717, 1.165) is 13.1 Å². The van der Waals surface area contributed by atoms with Crippen molar-refractivity contribution >= 4 is 17.4 Å². The number of anilines is 1. The fourth-order valence-corrected chi connectivity index (χ4v) is 2.37. The summed E-state index contributed by atoms with van der Waals surface area (Å²) in [6.45, 7) is 5.70. The maximum atomic E-state index is 3.77. The van der Waals surface area contributed by atoms with Crippen LogP contribution >= 0.6 is 11.8 Å². The van der Waals surface area contributed by atoms with E-state index >= 15 is 0 Å². The van der Waals surface area contributed by atoms with E-state index in [2.05, 4.69) is 41.5 Å². The predicted octanol–water partition coefficient (Wildman–Crippen LogP) is 2.95. The molecule has 0 unspecified atom stereocenters. The first-order valence-corrected chi connectivity index (χ1v) is 5.23. The first-order valence-electron chi connectivity index (χ1n) is 4.35. The summed E-state index contributed by atoms with van der Waals surface area (Å²) in [5, 5.41) is 0. The number of nitrogens with zero attached hydrogens (tertiary/aromatic N) is 1. The minimum absolute atomic E-state index is 0.925. The summed E-state index contributed by atoms with van der Waals surface area (Å²) in [6.07, 6.45) is 1.95. The Balaban J connectivity index is 2.31. The smallest absolute Gasteiger partial charge is 0.0507 e. The number of para-hydroxylation sites is 1. The molecule has 0 bridgehead atoms. The third kappa shape index (κ3) is 1.73. The molecular formula is C11H12NS. The molecule has 1 aromatic rings. The lowest BCUT2D eigenvalue weighted by molar-refractivity contribution is 0.920. The van der Waals surface area contributed by atoms with E-state index < -0.39 is 0 Å². The molecule has 1 heterocycles. The third-order valence-corrected chi connectivity index (χ3v) is 2.98. The maximum Gasteiger partial charge on any atom is 0.0507 e. The monoisotopic (exact) mass is 190 g/mol. The molecule has 0 aromatic heterocycles. The molecule has 1 nitrogen and oxygen atoms in total. The molecule has 0 saturated carbocycles. The van der Waals surface area contributed by atoms with Gasteiger partial charge in [0, 0.05) is 23.7 Å². The van der Waals surface area contributed by atoms with Gasteiger partial charge in [-0.15, -0.1) is 18.3 Å². The van der Waals surface area contributed by atoms with Gasteiger partial charge in [0.1, 0.15) is 0 Å². The maximum absolute atomic E-state index is 3.77. The number of hydrogen-bond acceptors (Lipinski definition) is 2. The molecule has 2 rings (SSSR count). The summed E-state index contributed by atoms with van der Waals surface area (Å²) in [5.41, 5.74) is 1.33. The molecule has 0 atom stereocenters. The fourth-order valence-electron chi connectivity index (χ4n) is 1.46. The molecule has 0 amide bonds. The van der Waals surface area contributed by atoms with Crippen LogP contribution in [0.25, 0.3) is 0 Å². The Morgan fingerprint density at radius 2 is 2.31 bits per heavy atom. The van der Waals surface area contributed by atoms with Gasteiger partial charge in [-0.3, -0.25) is 0 Å². The largest absolute Gasteiger partial charge is 0.366 e. The number of rotatable bonds is 2. The second-order valence-corrected chi connectivity index (χ2v) is 3.95. The second-order valence-electron chi connectivity index (χ2n) is 2.95. The highest BCUT2D eigenvalue weighted by Gasteiger charge is 2.14. The van der Waals surface area contributed by atoms with E-state index in [0.29, 0.717) is 0 Å². The van der Waals surface area contributed by atoms with Crippen LogP contribution in [0.2, 0.25) is 0 Å². The molecule has 0 spiro atoms. The molecule has 13 heavy (non-hydrogen) atoms. The van der Waals surface area contributed by atoms with E-state index in [4.69, 9.17) is 0 Å². The molecule has 2 heteroatoms. The van der Waals surface area contributed by atoms with Crippen LogP contribution in [-0.2, 0) is 0 Å². The van der Waals surface area contributed by atoms with Crippen molar-refractivity contribution in [1.82, 2.24) is 0 Å². The Morgan fingerprint density at radius 1 is 1.46 bits per heavy atom. The van der Waals surface area contributed by atoms with Crippen LogP contribution in [0.1, 0.15) is 0 Å². The number of benzene rings is 1. The minimum Gasteiger partial charge on any atom is -0.366 e. The molecule has 0 saturated heterocycles. The lowest BCUT2D eigenvalue weighted by Crippen LogP contribution is -2.26. The van der Waals surface area contributed by atoms with Crippen LogP contribution in [0.5, 0.6) is 0 Å². The molecule has 1 aliphatic heterocycles. The molecule has 0 aliphatic carbocycles. The van der Waals surface area contributed by atoms with Gasteiger partial charge in [-0.25, -0.2) is 0 Å². The van der Waals surface area contributed by atoms with Crippen LogP contribution in [0.3, 0.4) is 0 Å².